The number of hydrogen-bond acceptors (Lipinski definition) is 5. The zero-order valence-electron chi connectivity index (χ0n) is 21.4. The molecule has 0 saturated carbocycles. The Kier molecular flexibility index (Phi) is 9.83. The molecule has 196 valence electrons. The second kappa shape index (κ2) is 13.2. The molecule has 0 fully saturated rings. The number of nitrogens with zero attached hydrogens (tertiary/aromatic N) is 1. The predicted octanol–water partition coefficient (Wildman–Crippen LogP) is 5.48. The first-order valence-corrected chi connectivity index (χ1v) is 12.4. The number of carboxylic acid groups (broad SMARTS) is 1. The van der Waals surface area contributed by atoms with Crippen LogP contribution in [0.4, 0.5) is 16.2 Å². The zero-order valence-corrected chi connectivity index (χ0v) is 21.4. The van der Waals surface area contributed by atoms with Gasteiger partial charge >= 0.3 is 12.0 Å². The van der Waals surface area contributed by atoms with E-state index in [0.717, 1.165) is 16.8 Å². The number of carbonyl (C=O) groups excluding carboxylic acids is 2. The van der Waals surface area contributed by atoms with E-state index in [1.807, 2.05) is 31.2 Å². The molecule has 0 radical (unpaired) electrons. The minimum absolute atomic E-state index is 0.0634. The van der Waals surface area contributed by atoms with Crippen LogP contribution in [-0.4, -0.2) is 28.2 Å². The first-order chi connectivity index (χ1) is 17.7. The number of carboxylic acids is 1. The van der Waals surface area contributed by atoms with E-state index >= 15 is 0 Å². The number of aliphatic carboxylic acids is 1. The highest BCUT2D eigenvalue weighted by Gasteiger charge is 2.20. The third-order valence-corrected chi connectivity index (χ3v) is 5.76. The number of anilines is 2. The van der Waals surface area contributed by atoms with Gasteiger partial charge in [0.15, 0.2) is 0 Å². The number of para-hydroxylation sites is 1. The van der Waals surface area contributed by atoms with Gasteiger partial charge in [-0.2, -0.15) is 0 Å². The number of amides is 3. The van der Waals surface area contributed by atoms with Crippen molar-refractivity contribution in [2.24, 2.45) is 5.92 Å². The lowest BCUT2D eigenvalue weighted by Crippen LogP contribution is -2.31. The molecule has 9 nitrogen and oxygen atoms in total. The Hall–Kier alpha value is -4.14. The summed E-state index contributed by atoms with van der Waals surface area (Å²) < 4.78 is 5.36. The minimum atomic E-state index is -0.848. The first-order valence-electron chi connectivity index (χ1n) is 12.4. The number of aromatic nitrogens is 1. The van der Waals surface area contributed by atoms with Crippen LogP contribution in [0.5, 0.6) is 0 Å². The Labute approximate surface area is 216 Å². The maximum Gasteiger partial charge on any atom is 0.323 e. The Morgan fingerprint density at radius 3 is 2.43 bits per heavy atom. The van der Waals surface area contributed by atoms with Gasteiger partial charge in [-0.3, -0.25) is 9.59 Å². The largest absolute Gasteiger partial charge is 0.481 e. The molecular weight excluding hydrogens is 472 g/mol. The third-order valence-electron chi connectivity index (χ3n) is 5.76. The molecule has 0 aliphatic rings. The van der Waals surface area contributed by atoms with E-state index in [1.54, 1.807) is 30.3 Å². The summed E-state index contributed by atoms with van der Waals surface area (Å²) in [4.78, 5) is 35.8. The summed E-state index contributed by atoms with van der Waals surface area (Å²) in [7, 11) is 0. The monoisotopic (exact) mass is 506 g/mol. The highest BCUT2D eigenvalue weighted by Crippen LogP contribution is 2.22. The lowest BCUT2D eigenvalue weighted by molar-refractivity contribution is -0.137. The Bertz CT molecular complexity index is 1200. The quantitative estimate of drug-likeness (QED) is 0.257. The number of nitrogens with one attached hydrogen (secondary N) is 3. The summed E-state index contributed by atoms with van der Waals surface area (Å²) in [6.07, 6.45) is 1.86. The van der Waals surface area contributed by atoms with E-state index in [9.17, 15) is 14.4 Å². The smallest absolute Gasteiger partial charge is 0.323 e. The fraction of sp³-hybridized carbons (Fsp3) is 0.357. The molecule has 2 aromatic carbocycles. The van der Waals surface area contributed by atoms with Crippen LogP contribution in [0.15, 0.2) is 59.1 Å². The summed E-state index contributed by atoms with van der Waals surface area (Å²) in [5, 5.41) is 21.6. The van der Waals surface area contributed by atoms with Crippen molar-refractivity contribution in [1.82, 2.24) is 10.5 Å². The molecule has 0 unspecified atom stereocenters. The van der Waals surface area contributed by atoms with E-state index in [2.05, 4.69) is 35.0 Å². The summed E-state index contributed by atoms with van der Waals surface area (Å²) in [6.45, 7) is 6.05. The molecule has 3 rings (SSSR count). The lowest BCUT2D eigenvalue weighted by Gasteiger charge is -2.18. The molecule has 0 aliphatic heterocycles. The summed E-state index contributed by atoms with van der Waals surface area (Å²) in [5.74, 6) is -0.0828. The molecule has 0 saturated heterocycles. The molecule has 1 atom stereocenters. The zero-order chi connectivity index (χ0) is 26.8. The van der Waals surface area contributed by atoms with E-state index in [1.165, 1.54) is 0 Å². The molecule has 3 amide bonds. The number of urea groups is 1. The third kappa shape index (κ3) is 9.10. The van der Waals surface area contributed by atoms with Crippen molar-refractivity contribution < 1.29 is 24.0 Å². The highest BCUT2D eigenvalue weighted by molar-refractivity contribution is 6.00. The van der Waals surface area contributed by atoms with Crippen molar-refractivity contribution in [1.29, 1.82) is 0 Å². The average Bonchev–Trinajstić information content (AvgIpc) is 3.30. The number of hydrogen-bond donors (Lipinski definition) is 4. The van der Waals surface area contributed by atoms with Crippen LogP contribution in [-0.2, 0) is 22.4 Å². The molecule has 1 aromatic heterocycles. The number of carbonyl (C=O) groups is 3. The predicted molar refractivity (Wildman–Crippen MR) is 141 cm³/mol. The summed E-state index contributed by atoms with van der Waals surface area (Å²) in [5.41, 5.74) is 3.76. The van der Waals surface area contributed by atoms with Crippen LogP contribution < -0.4 is 16.0 Å². The van der Waals surface area contributed by atoms with Gasteiger partial charge < -0.3 is 25.6 Å². The SMILES string of the molecule is Cc1ccccc1NC(=O)Nc1ccc(CC(=O)N[C@@H](CC(C)C)c2cc(CCCC(=O)O)on2)cc1. The van der Waals surface area contributed by atoms with Crippen molar-refractivity contribution in [3.05, 3.63) is 77.2 Å². The fourth-order valence-electron chi connectivity index (χ4n) is 3.88. The maximum absolute atomic E-state index is 12.8. The molecule has 4 N–H and O–H groups in total. The second-order valence-corrected chi connectivity index (χ2v) is 9.48. The molecule has 0 bridgehead atoms. The lowest BCUT2D eigenvalue weighted by atomic mass is 10.00. The number of rotatable bonds is 12. The number of benzene rings is 2. The molecule has 37 heavy (non-hydrogen) atoms. The van der Waals surface area contributed by atoms with Gasteiger partial charge in [-0.05, 0) is 55.0 Å². The number of aryl methyl sites for hydroxylation is 2. The van der Waals surface area contributed by atoms with E-state index < -0.39 is 5.97 Å². The van der Waals surface area contributed by atoms with Crippen molar-refractivity contribution in [3.8, 4) is 0 Å². The summed E-state index contributed by atoms with van der Waals surface area (Å²) in [6, 6.07) is 15.8. The van der Waals surface area contributed by atoms with Gasteiger partial charge in [-0.1, -0.05) is 49.3 Å². The highest BCUT2D eigenvalue weighted by atomic mass is 16.5. The summed E-state index contributed by atoms with van der Waals surface area (Å²) >= 11 is 0. The first kappa shape index (κ1) is 27.4. The Morgan fingerprint density at radius 2 is 1.76 bits per heavy atom. The van der Waals surface area contributed by atoms with Gasteiger partial charge in [0.2, 0.25) is 5.91 Å². The Balaban J connectivity index is 1.54. The van der Waals surface area contributed by atoms with Gasteiger partial charge in [0, 0.05) is 30.3 Å². The standard InChI is InChI=1S/C28H34N4O5/c1-18(2)15-24(25-17-22(37-32-25)8-6-10-27(34)35)30-26(33)16-20-11-13-21(14-12-20)29-28(36)31-23-9-5-4-7-19(23)3/h4-5,7,9,11-14,17-18,24H,6,8,10,15-16H2,1-3H3,(H,30,33)(H,34,35)(H2,29,31,36)/t24-/m0/s1. The maximum atomic E-state index is 12.8. The van der Waals surface area contributed by atoms with Crippen LogP contribution in [0.3, 0.4) is 0 Å². The van der Waals surface area contributed by atoms with E-state index in [0.29, 0.717) is 42.3 Å². The molecule has 9 heteroatoms. The van der Waals surface area contributed by atoms with Crippen molar-refractivity contribution >= 4 is 29.3 Å². The average molecular weight is 507 g/mol. The van der Waals surface area contributed by atoms with Gasteiger partial charge in [-0.25, -0.2) is 4.79 Å². The van der Waals surface area contributed by atoms with Gasteiger partial charge in [0.05, 0.1) is 12.5 Å². The van der Waals surface area contributed by atoms with Crippen molar-refractivity contribution in [2.75, 3.05) is 10.6 Å². The normalized spacial score (nSPS) is 11.7. The van der Waals surface area contributed by atoms with Crippen molar-refractivity contribution in [2.45, 2.75) is 58.9 Å². The van der Waals surface area contributed by atoms with E-state index in [4.69, 9.17) is 9.63 Å². The van der Waals surface area contributed by atoms with Crippen LogP contribution in [0.2, 0.25) is 0 Å². The molecule has 1 heterocycles. The second-order valence-electron chi connectivity index (χ2n) is 9.48. The van der Waals surface area contributed by atoms with Gasteiger partial charge in [0.25, 0.3) is 0 Å². The van der Waals surface area contributed by atoms with Crippen LogP contribution >= 0.6 is 0 Å². The molecule has 0 aliphatic carbocycles. The fourth-order valence-corrected chi connectivity index (χ4v) is 3.88. The van der Waals surface area contributed by atoms with Crippen molar-refractivity contribution in [3.63, 3.8) is 0 Å². The topological polar surface area (TPSA) is 134 Å². The van der Waals surface area contributed by atoms with E-state index in [-0.39, 0.29) is 30.8 Å². The Morgan fingerprint density at radius 1 is 1.03 bits per heavy atom. The molecule has 3 aromatic rings. The molecule has 0 spiro atoms. The van der Waals surface area contributed by atoms with Crippen LogP contribution in [0, 0.1) is 12.8 Å². The molecular formula is C28H34N4O5. The van der Waals surface area contributed by atoms with Gasteiger partial charge in [0.1, 0.15) is 11.5 Å². The van der Waals surface area contributed by atoms with Crippen LogP contribution in [0.25, 0.3) is 0 Å². The van der Waals surface area contributed by atoms with Crippen LogP contribution in [0.1, 0.15) is 61.7 Å². The van der Waals surface area contributed by atoms with Gasteiger partial charge in [-0.15, -0.1) is 0 Å². The minimum Gasteiger partial charge on any atom is -0.481 e.